The molecule has 5 atom stereocenters. The molecule has 0 unspecified atom stereocenters. The second-order valence-electron chi connectivity index (χ2n) is 11.0. The number of carboxylic acid groups (broad SMARTS) is 1. The number of hydrogen-bond acceptors (Lipinski definition) is 12. The van der Waals surface area contributed by atoms with Crippen LogP contribution in [0.1, 0.15) is 43.5 Å². The number of carboxylic acids is 1. The molecule has 12 N–H and O–H groups in total. The number of guanidine groups is 1. The number of hydrogen-bond donors (Lipinski definition) is 9. The molecule has 18 heteroatoms. The Morgan fingerprint density at radius 3 is 2.45 bits per heavy atom. The maximum atomic E-state index is 12.4. The number of carbonyl (C=O) groups is 3. The number of nitrogens with zero attached hydrogens (tertiary/aromatic N) is 5. The number of ether oxygens (including phenoxy) is 1. The third-order valence-corrected chi connectivity index (χ3v) is 7.51. The molecule has 3 aromatic rings. The zero-order valence-electron chi connectivity index (χ0n) is 25.9. The van der Waals surface area contributed by atoms with Crippen LogP contribution in [0.5, 0.6) is 0 Å². The van der Waals surface area contributed by atoms with Crippen molar-refractivity contribution in [2.24, 2.45) is 16.5 Å². The largest absolute Gasteiger partial charge is 0.480 e. The van der Waals surface area contributed by atoms with Gasteiger partial charge < -0.3 is 53.2 Å². The highest BCUT2D eigenvalue weighted by molar-refractivity contribution is 5.84. The van der Waals surface area contributed by atoms with Crippen LogP contribution in [-0.4, -0.2) is 103 Å². The van der Waals surface area contributed by atoms with Crippen molar-refractivity contribution in [3.63, 3.8) is 0 Å². The summed E-state index contributed by atoms with van der Waals surface area (Å²) in [5.41, 5.74) is 19.1. The fraction of sp³-hybridized carbons (Fsp3) is 0.483. The van der Waals surface area contributed by atoms with E-state index in [4.69, 9.17) is 21.9 Å². The monoisotopic (exact) mass is 655 g/mol. The molecule has 47 heavy (non-hydrogen) atoms. The lowest BCUT2D eigenvalue weighted by Gasteiger charge is -2.16. The number of aliphatic carboxylic acids is 1. The van der Waals surface area contributed by atoms with Crippen molar-refractivity contribution < 1.29 is 34.4 Å². The quantitative estimate of drug-likeness (QED) is 0.0476. The van der Waals surface area contributed by atoms with Crippen molar-refractivity contribution in [2.75, 3.05) is 30.7 Å². The molecule has 4 rings (SSSR count). The summed E-state index contributed by atoms with van der Waals surface area (Å²) in [6.07, 6.45) is -2.12. The third kappa shape index (κ3) is 9.02. The minimum Gasteiger partial charge on any atom is -0.480 e. The summed E-state index contributed by atoms with van der Waals surface area (Å²) >= 11 is 0. The summed E-state index contributed by atoms with van der Waals surface area (Å²) in [5, 5.41) is 38.7. The standard InChI is InChI=1S/C29H41N11O7/c1-2-33-25(44)22-20(42)21(43)26(47-22)40-14-36-19-23(30)38-29(39-24(19)40)35-13-11-16-7-5-15(6-8-16)9-10-18(41)37-17(27(45)46)4-3-12-34-28(31)32/h5-8,14,17,20-22,26,42-43H,2-4,9-13H2,1H3,(H,33,44)(H,37,41)(H,45,46)(H4,31,32,34)(H3,30,35,38,39)/t17-,20+,21-,22+,26-/m1/s1. The average molecular weight is 656 g/mol. The zero-order valence-corrected chi connectivity index (χ0v) is 25.9. The van der Waals surface area contributed by atoms with E-state index in [0.29, 0.717) is 32.4 Å². The highest BCUT2D eigenvalue weighted by atomic mass is 16.6. The molecule has 1 fully saturated rings. The van der Waals surface area contributed by atoms with E-state index in [-0.39, 0.29) is 54.2 Å². The first-order chi connectivity index (χ1) is 22.5. The number of aromatic nitrogens is 4. The number of nitrogens with two attached hydrogens (primary N) is 3. The van der Waals surface area contributed by atoms with E-state index >= 15 is 0 Å². The van der Waals surface area contributed by atoms with Gasteiger partial charge in [0.25, 0.3) is 5.91 Å². The van der Waals surface area contributed by atoms with Gasteiger partial charge in [0.1, 0.15) is 23.8 Å². The van der Waals surface area contributed by atoms with Crippen molar-refractivity contribution in [1.82, 2.24) is 30.2 Å². The molecular formula is C29H41N11O7. The molecule has 1 aliphatic rings. The first-order valence-electron chi connectivity index (χ1n) is 15.2. The van der Waals surface area contributed by atoms with Gasteiger partial charge in [0, 0.05) is 26.1 Å². The SMILES string of the molecule is CCNC(=O)[C@H]1O[C@@H](n2cnc3c(N)nc(NCCc4ccc(CCC(=O)N[C@H](CCCN=C(N)N)C(=O)O)cc4)nc32)[C@H](O)[C@@H]1O. The summed E-state index contributed by atoms with van der Waals surface area (Å²) < 4.78 is 7.10. The lowest BCUT2D eigenvalue weighted by atomic mass is 10.0. The molecule has 2 amide bonds. The van der Waals surface area contributed by atoms with Crippen LogP contribution in [0.15, 0.2) is 35.6 Å². The van der Waals surface area contributed by atoms with Crippen LogP contribution >= 0.6 is 0 Å². The number of aliphatic imine (C=N–C) groups is 1. The number of amides is 2. The summed E-state index contributed by atoms with van der Waals surface area (Å²) in [4.78, 5) is 52.9. The fourth-order valence-electron chi connectivity index (χ4n) is 5.06. The zero-order chi connectivity index (χ0) is 34.1. The Kier molecular flexibility index (Phi) is 11.8. The second-order valence-corrected chi connectivity index (χ2v) is 11.0. The molecule has 0 bridgehead atoms. The predicted molar refractivity (Wildman–Crippen MR) is 171 cm³/mol. The predicted octanol–water partition coefficient (Wildman–Crippen LogP) is -1.63. The van der Waals surface area contributed by atoms with Crippen molar-refractivity contribution in [3.8, 4) is 0 Å². The minimum absolute atomic E-state index is 0.0703. The van der Waals surface area contributed by atoms with Crippen LogP contribution in [0.25, 0.3) is 11.2 Å². The first-order valence-corrected chi connectivity index (χ1v) is 15.2. The number of imidazole rings is 1. The fourth-order valence-corrected chi connectivity index (χ4v) is 5.06. The van der Waals surface area contributed by atoms with E-state index in [9.17, 15) is 29.7 Å². The van der Waals surface area contributed by atoms with E-state index in [1.165, 1.54) is 10.9 Å². The van der Waals surface area contributed by atoms with Crippen LogP contribution in [0.3, 0.4) is 0 Å². The molecular weight excluding hydrogens is 614 g/mol. The first kappa shape index (κ1) is 34.8. The van der Waals surface area contributed by atoms with Crippen molar-refractivity contribution in [3.05, 3.63) is 41.7 Å². The lowest BCUT2D eigenvalue weighted by molar-refractivity contribution is -0.142. The summed E-state index contributed by atoms with van der Waals surface area (Å²) in [5.74, 6) is -1.79. The van der Waals surface area contributed by atoms with E-state index in [0.717, 1.165) is 11.1 Å². The number of nitrogen functional groups attached to an aromatic ring is 1. The number of benzene rings is 1. The van der Waals surface area contributed by atoms with Gasteiger partial charge in [-0.05, 0) is 43.7 Å². The lowest BCUT2D eigenvalue weighted by Crippen LogP contribution is -2.42. The Bertz CT molecular complexity index is 1580. The molecule has 18 nitrogen and oxygen atoms in total. The van der Waals surface area contributed by atoms with Gasteiger partial charge in [0.15, 0.2) is 29.8 Å². The summed E-state index contributed by atoms with van der Waals surface area (Å²) in [6, 6.07) is 6.65. The Hall–Kier alpha value is -5.07. The maximum absolute atomic E-state index is 12.4. The van der Waals surface area contributed by atoms with Crippen molar-refractivity contribution >= 4 is 46.7 Å². The topological polar surface area (TPSA) is 291 Å². The van der Waals surface area contributed by atoms with Gasteiger partial charge in [0.05, 0.1) is 6.33 Å². The molecule has 0 spiro atoms. The number of carbonyl (C=O) groups excluding carboxylic acids is 2. The molecule has 254 valence electrons. The van der Waals surface area contributed by atoms with Gasteiger partial charge in [-0.1, -0.05) is 24.3 Å². The Morgan fingerprint density at radius 2 is 1.79 bits per heavy atom. The molecule has 1 aliphatic heterocycles. The van der Waals surface area contributed by atoms with E-state index in [1.54, 1.807) is 6.92 Å². The Labute approximate surface area is 269 Å². The van der Waals surface area contributed by atoms with E-state index in [2.05, 4.69) is 35.9 Å². The second kappa shape index (κ2) is 16.0. The number of aryl methyl sites for hydroxylation is 1. The molecule has 0 aliphatic carbocycles. The molecule has 0 saturated carbocycles. The summed E-state index contributed by atoms with van der Waals surface area (Å²) in [7, 11) is 0. The number of fused-ring (bicyclic) bond motifs is 1. The highest BCUT2D eigenvalue weighted by Crippen LogP contribution is 2.32. The molecule has 3 heterocycles. The van der Waals surface area contributed by atoms with Gasteiger partial charge in [-0.15, -0.1) is 0 Å². The number of rotatable bonds is 16. The summed E-state index contributed by atoms with van der Waals surface area (Å²) in [6.45, 7) is 2.79. The number of anilines is 2. The van der Waals surface area contributed by atoms with E-state index in [1.807, 2.05) is 24.3 Å². The normalized spacial score (nSPS) is 19.6. The molecule has 1 saturated heterocycles. The number of aliphatic hydroxyl groups is 2. The van der Waals surface area contributed by atoms with Gasteiger partial charge in [0.2, 0.25) is 11.9 Å². The molecule has 1 aromatic carbocycles. The minimum atomic E-state index is -1.45. The number of nitrogens with one attached hydrogen (secondary N) is 3. The van der Waals surface area contributed by atoms with Crippen LogP contribution in [0, 0.1) is 0 Å². The Balaban J connectivity index is 1.29. The van der Waals surface area contributed by atoms with Crippen LogP contribution in [-0.2, 0) is 32.0 Å². The van der Waals surface area contributed by atoms with E-state index < -0.39 is 42.5 Å². The number of aliphatic hydroxyl groups excluding tert-OH is 2. The van der Waals surface area contributed by atoms with Crippen LogP contribution < -0.4 is 33.2 Å². The van der Waals surface area contributed by atoms with Crippen molar-refractivity contribution in [2.45, 2.75) is 69.6 Å². The third-order valence-electron chi connectivity index (χ3n) is 7.51. The van der Waals surface area contributed by atoms with Crippen molar-refractivity contribution in [1.29, 1.82) is 0 Å². The molecule has 2 aromatic heterocycles. The number of likely N-dealkylation sites (N-methyl/N-ethyl adjacent to an activating group) is 1. The van der Waals surface area contributed by atoms with Crippen LogP contribution in [0.4, 0.5) is 11.8 Å². The van der Waals surface area contributed by atoms with Gasteiger partial charge in [-0.3, -0.25) is 19.1 Å². The highest BCUT2D eigenvalue weighted by Gasteiger charge is 2.47. The Morgan fingerprint density at radius 1 is 1.09 bits per heavy atom. The maximum Gasteiger partial charge on any atom is 0.326 e. The van der Waals surface area contributed by atoms with Gasteiger partial charge in [-0.2, -0.15) is 9.97 Å². The molecule has 0 radical (unpaired) electrons. The van der Waals surface area contributed by atoms with Crippen LogP contribution in [0.2, 0.25) is 0 Å². The smallest absolute Gasteiger partial charge is 0.326 e. The average Bonchev–Trinajstić information content (AvgIpc) is 3.58. The van der Waals surface area contributed by atoms with Gasteiger partial charge >= 0.3 is 5.97 Å². The van der Waals surface area contributed by atoms with Gasteiger partial charge in [-0.25, -0.2) is 9.78 Å².